The third kappa shape index (κ3) is 6.94. The molecule has 0 atom stereocenters. The molecule has 4 nitrogen and oxygen atoms in total. The number of aromatic nitrogens is 2. The number of benzene rings is 9. The lowest BCUT2D eigenvalue weighted by Crippen LogP contribution is -1.98. The molecule has 0 saturated carbocycles. The largest absolute Gasteiger partial charge is 0.309 e. The number of fused-ring (bicyclic) bond motifs is 6. The minimum atomic E-state index is 0.588. The van der Waals surface area contributed by atoms with Crippen LogP contribution in [0.4, 0.5) is 0 Å². The van der Waals surface area contributed by atoms with Crippen molar-refractivity contribution in [2.75, 3.05) is 0 Å². The van der Waals surface area contributed by atoms with Gasteiger partial charge in [-0.2, -0.15) is 0 Å². The van der Waals surface area contributed by atoms with Gasteiger partial charge in [0.05, 0.1) is 27.8 Å². The minimum absolute atomic E-state index is 0.588. The molecule has 11 rings (SSSR count). The zero-order valence-corrected chi connectivity index (χ0v) is 34.6. The zero-order valence-electron chi connectivity index (χ0n) is 34.6. The van der Waals surface area contributed by atoms with Gasteiger partial charge in [0.2, 0.25) is 0 Å². The quantitative estimate of drug-likeness (QED) is 0.103. The molecule has 0 N–H and O–H groups in total. The van der Waals surface area contributed by atoms with Crippen molar-refractivity contribution in [3.8, 4) is 33.6 Å². The summed E-state index contributed by atoms with van der Waals surface area (Å²) in [6, 6.07) is 79.8. The number of para-hydroxylation sites is 3. The molecular formula is C59H42N4. The van der Waals surface area contributed by atoms with Crippen LogP contribution in [0.1, 0.15) is 16.7 Å². The number of allylic oxidation sites excluding steroid dienone is 1. The van der Waals surface area contributed by atoms with Crippen molar-refractivity contribution in [3.05, 3.63) is 247 Å². The Morgan fingerprint density at radius 2 is 0.984 bits per heavy atom. The Labute approximate surface area is 366 Å². The average molecular weight is 807 g/mol. The van der Waals surface area contributed by atoms with Crippen LogP contribution in [0.15, 0.2) is 241 Å². The van der Waals surface area contributed by atoms with Crippen LogP contribution in [0.5, 0.6) is 0 Å². The molecule has 0 unspecified atom stereocenters. The first-order valence-corrected chi connectivity index (χ1v) is 21.4. The Bertz CT molecular complexity index is 3500. The highest BCUT2D eigenvalue weighted by molar-refractivity contribution is 6.16. The van der Waals surface area contributed by atoms with Crippen molar-refractivity contribution in [1.29, 1.82) is 0 Å². The molecule has 0 spiro atoms. The van der Waals surface area contributed by atoms with E-state index in [0.717, 1.165) is 45.7 Å². The lowest BCUT2D eigenvalue weighted by Gasteiger charge is -2.11. The Hall–Kier alpha value is -8.34. The standard InChI is InChI=1S/C59H42N4/c1-60-59(61-53(44-18-7-3-8-19-44)38-28-41-16-5-2-6-17-41)45-31-29-42(30-32-45)46-35-39-56-52(40-46)50-22-11-13-25-54(50)62(56)48-36-33-43(34-37-48)49-24-15-27-57-58(49)51-23-12-14-26-55(51)63(57)47-20-9-4-10-21-47/h2-27,29-40H,1,28H2/b53-38-,61-59-. The second-order valence-electron chi connectivity index (χ2n) is 15.8. The highest BCUT2D eigenvalue weighted by atomic mass is 15.0. The number of amidine groups is 1. The maximum atomic E-state index is 5.06. The van der Waals surface area contributed by atoms with Gasteiger partial charge >= 0.3 is 0 Å². The van der Waals surface area contributed by atoms with Crippen LogP contribution in [0.2, 0.25) is 0 Å². The molecule has 0 fully saturated rings. The van der Waals surface area contributed by atoms with Gasteiger partial charge < -0.3 is 9.13 Å². The van der Waals surface area contributed by atoms with Crippen molar-refractivity contribution >= 4 is 61.9 Å². The van der Waals surface area contributed by atoms with Gasteiger partial charge in [0.15, 0.2) is 5.84 Å². The maximum absolute atomic E-state index is 5.06. The molecule has 0 bridgehead atoms. The van der Waals surface area contributed by atoms with E-state index in [1.165, 1.54) is 60.3 Å². The van der Waals surface area contributed by atoms with Crippen LogP contribution < -0.4 is 0 Å². The monoisotopic (exact) mass is 806 g/mol. The SMILES string of the molecule is C=N/C(=N\C(=C/Cc1ccccc1)c1ccccc1)c1ccc(-c2ccc3c(c2)c2ccccc2n3-c2ccc(-c3cccc4c3c3ccccc3n4-c3ccccc3)cc2)cc1. The fourth-order valence-electron chi connectivity index (χ4n) is 9.12. The third-order valence-electron chi connectivity index (χ3n) is 12.1. The first-order valence-electron chi connectivity index (χ1n) is 21.4. The second-order valence-corrected chi connectivity index (χ2v) is 15.8. The van der Waals surface area contributed by atoms with Crippen LogP contribution in [-0.2, 0) is 6.42 Å². The molecule has 63 heavy (non-hydrogen) atoms. The molecule has 0 saturated heterocycles. The Morgan fingerprint density at radius 1 is 0.429 bits per heavy atom. The van der Waals surface area contributed by atoms with E-state index in [4.69, 9.17) is 4.99 Å². The highest BCUT2D eigenvalue weighted by Gasteiger charge is 2.18. The third-order valence-corrected chi connectivity index (χ3v) is 12.1. The first kappa shape index (κ1) is 37.6. The van der Waals surface area contributed by atoms with Crippen LogP contribution in [0.3, 0.4) is 0 Å². The average Bonchev–Trinajstić information content (AvgIpc) is 3.88. The molecule has 9 aromatic carbocycles. The number of hydrogen-bond acceptors (Lipinski definition) is 1. The summed E-state index contributed by atoms with van der Waals surface area (Å²) in [5.74, 6) is 0.588. The van der Waals surface area contributed by atoms with E-state index in [-0.39, 0.29) is 0 Å². The summed E-state index contributed by atoms with van der Waals surface area (Å²) in [5.41, 5.74) is 15.7. The summed E-state index contributed by atoms with van der Waals surface area (Å²) in [4.78, 5) is 9.47. The van der Waals surface area contributed by atoms with Crippen molar-refractivity contribution in [2.45, 2.75) is 6.42 Å². The van der Waals surface area contributed by atoms with Crippen LogP contribution in [0, 0.1) is 0 Å². The normalized spacial score (nSPS) is 12.1. The number of hydrogen-bond donors (Lipinski definition) is 0. The van der Waals surface area contributed by atoms with E-state index in [2.05, 4.69) is 227 Å². The smallest absolute Gasteiger partial charge is 0.159 e. The van der Waals surface area contributed by atoms with E-state index in [9.17, 15) is 0 Å². The topological polar surface area (TPSA) is 34.6 Å². The predicted octanol–water partition coefficient (Wildman–Crippen LogP) is 14.9. The zero-order chi connectivity index (χ0) is 42.1. The molecule has 0 aliphatic heterocycles. The van der Waals surface area contributed by atoms with Crippen molar-refractivity contribution in [2.24, 2.45) is 9.98 Å². The van der Waals surface area contributed by atoms with E-state index in [1.807, 2.05) is 24.3 Å². The van der Waals surface area contributed by atoms with Gasteiger partial charge in [-0.05, 0) is 101 Å². The van der Waals surface area contributed by atoms with Gasteiger partial charge in [0.25, 0.3) is 0 Å². The van der Waals surface area contributed by atoms with Crippen molar-refractivity contribution in [1.82, 2.24) is 9.13 Å². The summed E-state index contributed by atoms with van der Waals surface area (Å²) >= 11 is 0. The van der Waals surface area contributed by atoms with Crippen LogP contribution in [-0.4, -0.2) is 21.7 Å². The molecule has 2 heterocycles. The molecular weight excluding hydrogens is 765 g/mol. The van der Waals surface area contributed by atoms with Gasteiger partial charge in [-0.1, -0.05) is 176 Å². The summed E-state index contributed by atoms with van der Waals surface area (Å²) < 4.78 is 4.76. The number of rotatable bonds is 9. The predicted molar refractivity (Wildman–Crippen MR) is 267 cm³/mol. The fourth-order valence-corrected chi connectivity index (χ4v) is 9.12. The summed E-state index contributed by atoms with van der Waals surface area (Å²) in [5, 5.41) is 4.94. The summed E-state index contributed by atoms with van der Waals surface area (Å²) in [7, 11) is 0. The lowest BCUT2D eigenvalue weighted by atomic mass is 9.99. The van der Waals surface area contributed by atoms with E-state index in [1.54, 1.807) is 0 Å². The van der Waals surface area contributed by atoms with Crippen molar-refractivity contribution < 1.29 is 0 Å². The van der Waals surface area contributed by atoms with Gasteiger partial charge in [0.1, 0.15) is 0 Å². The van der Waals surface area contributed by atoms with E-state index in [0.29, 0.717) is 5.84 Å². The summed E-state index contributed by atoms with van der Waals surface area (Å²) in [6.45, 7) is 3.92. The lowest BCUT2D eigenvalue weighted by molar-refractivity contribution is 1.18. The Balaban J connectivity index is 0.931. The molecule has 0 amide bonds. The summed E-state index contributed by atoms with van der Waals surface area (Å²) in [6.07, 6.45) is 2.93. The first-order chi connectivity index (χ1) is 31.2. The number of aliphatic imine (C=N–C) groups is 2. The number of nitrogens with zero attached hydrogens (tertiary/aromatic N) is 4. The van der Waals surface area contributed by atoms with Crippen molar-refractivity contribution in [3.63, 3.8) is 0 Å². The molecule has 0 aliphatic carbocycles. The Kier molecular flexibility index (Phi) is 9.72. The van der Waals surface area contributed by atoms with Gasteiger partial charge in [-0.3, -0.25) is 0 Å². The highest BCUT2D eigenvalue weighted by Crippen LogP contribution is 2.40. The van der Waals surface area contributed by atoms with Gasteiger partial charge in [0, 0.05) is 38.5 Å². The van der Waals surface area contributed by atoms with E-state index < -0.39 is 0 Å². The molecule has 4 heteroatoms. The second kappa shape index (κ2) is 16.3. The minimum Gasteiger partial charge on any atom is -0.309 e. The molecule has 11 aromatic rings. The molecule has 298 valence electrons. The maximum Gasteiger partial charge on any atom is 0.159 e. The Morgan fingerprint density at radius 3 is 1.71 bits per heavy atom. The van der Waals surface area contributed by atoms with Crippen LogP contribution in [0.25, 0.3) is 82.9 Å². The molecule has 0 radical (unpaired) electrons. The van der Waals surface area contributed by atoms with Gasteiger partial charge in [-0.25, -0.2) is 9.98 Å². The van der Waals surface area contributed by atoms with Gasteiger partial charge in [-0.15, -0.1) is 0 Å². The van der Waals surface area contributed by atoms with Crippen LogP contribution >= 0.6 is 0 Å². The fraction of sp³-hybridized carbons (Fsp3) is 0.0169. The van der Waals surface area contributed by atoms with E-state index >= 15 is 0 Å². The molecule has 2 aromatic heterocycles. The molecule has 0 aliphatic rings.